The minimum Gasteiger partial charge on any atom is -0.489 e. The Hall–Kier alpha value is -1.29. The Morgan fingerprint density at radius 1 is 1.17 bits per heavy atom. The van der Waals surface area contributed by atoms with Gasteiger partial charge in [0.15, 0.2) is 0 Å². The van der Waals surface area contributed by atoms with E-state index in [9.17, 15) is 0 Å². The van der Waals surface area contributed by atoms with Gasteiger partial charge < -0.3 is 9.84 Å². The molecule has 2 aromatic rings. The minimum absolute atomic E-state index is 0.0210. The number of halogens is 2. The van der Waals surface area contributed by atoms with Crippen LogP contribution in [0.1, 0.15) is 11.1 Å². The summed E-state index contributed by atoms with van der Waals surface area (Å²) in [5.74, 6) is 0.707. The summed E-state index contributed by atoms with van der Waals surface area (Å²) in [5, 5.41) is 9.81. The SMILES string of the molecule is OCc1ccc(OCc2cnc(Cl)cc2Cl)cc1. The molecule has 5 heteroatoms. The number of ether oxygens (including phenoxy) is 1. The van der Waals surface area contributed by atoms with Crippen LogP contribution in [0.2, 0.25) is 10.2 Å². The van der Waals surface area contributed by atoms with Gasteiger partial charge in [0, 0.05) is 11.8 Å². The molecule has 0 aliphatic heterocycles. The molecule has 1 heterocycles. The van der Waals surface area contributed by atoms with E-state index in [4.69, 9.17) is 33.0 Å². The average molecular weight is 284 g/mol. The largest absolute Gasteiger partial charge is 0.489 e. The molecule has 2 rings (SSSR count). The van der Waals surface area contributed by atoms with Crippen molar-refractivity contribution in [2.75, 3.05) is 0 Å². The molecule has 0 aliphatic carbocycles. The van der Waals surface area contributed by atoms with Crippen LogP contribution >= 0.6 is 23.2 Å². The summed E-state index contributed by atoms with van der Waals surface area (Å²) >= 11 is 11.7. The van der Waals surface area contributed by atoms with Crippen molar-refractivity contribution in [3.8, 4) is 5.75 Å². The van der Waals surface area contributed by atoms with E-state index in [1.807, 2.05) is 0 Å². The van der Waals surface area contributed by atoms with Gasteiger partial charge in [0.25, 0.3) is 0 Å². The molecule has 3 nitrogen and oxygen atoms in total. The topological polar surface area (TPSA) is 42.4 Å². The van der Waals surface area contributed by atoms with Gasteiger partial charge >= 0.3 is 0 Å². The number of hydrogen-bond acceptors (Lipinski definition) is 3. The molecule has 0 unspecified atom stereocenters. The molecule has 0 atom stereocenters. The zero-order valence-electron chi connectivity index (χ0n) is 9.44. The Labute approximate surface area is 115 Å². The van der Waals surface area contributed by atoms with Crippen LogP contribution in [0.5, 0.6) is 5.75 Å². The molecular formula is C13H11Cl2NO2. The first-order chi connectivity index (χ1) is 8.69. The second-order valence-electron chi connectivity index (χ2n) is 3.69. The average Bonchev–Trinajstić information content (AvgIpc) is 2.38. The summed E-state index contributed by atoms with van der Waals surface area (Å²) in [7, 11) is 0. The first-order valence-electron chi connectivity index (χ1n) is 5.31. The third-order valence-corrected chi connectivity index (χ3v) is 2.96. The maximum Gasteiger partial charge on any atom is 0.130 e. The van der Waals surface area contributed by atoms with Crippen molar-refractivity contribution in [2.24, 2.45) is 0 Å². The fraction of sp³-hybridized carbons (Fsp3) is 0.154. The van der Waals surface area contributed by atoms with Crippen molar-refractivity contribution in [1.82, 2.24) is 4.98 Å². The Morgan fingerprint density at radius 3 is 2.50 bits per heavy atom. The zero-order chi connectivity index (χ0) is 13.0. The molecular weight excluding hydrogens is 273 g/mol. The van der Waals surface area contributed by atoms with E-state index in [2.05, 4.69) is 4.98 Å². The quantitative estimate of drug-likeness (QED) is 0.874. The molecule has 18 heavy (non-hydrogen) atoms. The van der Waals surface area contributed by atoms with Gasteiger partial charge in [-0.3, -0.25) is 0 Å². The second-order valence-corrected chi connectivity index (χ2v) is 4.48. The van der Waals surface area contributed by atoms with Crippen molar-refractivity contribution >= 4 is 23.2 Å². The molecule has 0 spiro atoms. The number of aliphatic hydroxyl groups is 1. The summed E-state index contributed by atoms with van der Waals surface area (Å²) in [6.45, 7) is 0.342. The summed E-state index contributed by atoms with van der Waals surface area (Å²) in [6.07, 6.45) is 1.59. The maximum absolute atomic E-state index is 8.92. The normalized spacial score (nSPS) is 10.4. The van der Waals surface area contributed by atoms with Gasteiger partial charge in [-0.05, 0) is 23.8 Å². The third-order valence-electron chi connectivity index (χ3n) is 2.40. The van der Waals surface area contributed by atoms with E-state index in [0.717, 1.165) is 11.1 Å². The Morgan fingerprint density at radius 2 is 1.89 bits per heavy atom. The van der Waals surface area contributed by atoms with E-state index in [1.165, 1.54) is 0 Å². The van der Waals surface area contributed by atoms with Crippen LogP contribution in [-0.2, 0) is 13.2 Å². The third kappa shape index (κ3) is 3.35. The van der Waals surface area contributed by atoms with Crippen LogP contribution in [0.3, 0.4) is 0 Å². The van der Waals surface area contributed by atoms with Gasteiger partial charge in [-0.2, -0.15) is 0 Å². The monoisotopic (exact) mass is 283 g/mol. The lowest BCUT2D eigenvalue weighted by Crippen LogP contribution is -1.97. The highest BCUT2D eigenvalue weighted by Crippen LogP contribution is 2.21. The predicted molar refractivity (Wildman–Crippen MR) is 71.0 cm³/mol. The highest BCUT2D eigenvalue weighted by molar-refractivity contribution is 6.34. The van der Waals surface area contributed by atoms with Crippen LogP contribution in [0.15, 0.2) is 36.5 Å². The molecule has 0 fully saturated rings. The summed E-state index contributed by atoms with van der Waals surface area (Å²) in [5.41, 5.74) is 1.61. The first-order valence-corrected chi connectivity index (χ1v) is 6.07. The lowest BCUT2D eigenvalue weighted by molar-refractivity contribution is 0.280. The molecule has 0 amide bonds. The number of benzene rings is 1. The number of nitrogens with zero attached hydrogens (tertiary/aromatic N) is 1. The molecule has 0 bridgehead atoms. The van der Waals surface area contributed by atoms with E-state index in [0.29, 0.717) is 22.5 Å². The van der Waals surface area contributed by atoms with E-state index in [1.54, 1.807) is 36.5 Å². The highest BCUT2D eigenvalue weighted by Gasteiger charge is 2.03. The van der Waals surface area contributed by atoms with Gasteiger partial charge in [-0.25, -0.2) is 4.98 Å². The van der Waals surface area contributed by atoms with Crippen molar-refractivity contribution in [3.05, 3.63) is 57.8 Å². The molecule has 0 saturated carbocycles. The second kappa shape index (κ2) is 6.05. The van der Waals surface area contributed by atoms with Crippen molar-refractivity contribution < 1.29 is 9.84 Å². The Balaban J connectivity index is 2.02. The van der Waals surface area contributed by atoms with Crippen LogP contribution in [0.25, 0.3) is 0 Å². The molecule has 1 aromatic heterocycles. The lowest BCUT2D eigenvalue weighted by atomic mass is 10.2. The van der Waals surface area contributed by atoms with Crippen molar-refractivity contribution in [3.63, 3.8) is 0 Å². The molecule has 1 N–H and O–H groups in total. The fourth-order valence-corrected chi connectivity index (χ4v) is 1.81. The van der Waals surface area contributed by atoms with Crippen LogP contribution in [-0.4, -0.2) is 10.1 Å². The van der Waals surface area contributed by atoms with Crippen molar-refractivity contribution in [2.45, 2.75) is 13.2 Å². The molecule has 0 aliphatic rings. The summed E-state index contributed by atoms with van der Waals surface area (Å²) in [4.78, 5) is 3.95. The lowest BCUT2D eigenvalue weighted by Gasteiger charge is -2.08. The maximum atomic E-state index is 8.92. The number of aliphatic hydroxyl groups excluding tert-OH is 1. The standard InChI is InChI=1S/C13H11Cl2NO2/c14-12-5-13(15)16-6-10(12)8-18-11-3-1-9(7-17)2-4-11/h1-6,17H,7-8H2. The number of hydrogen-bond donors (Lipinski definition) is 1. The number of rotatable bonds is 4. The summed E-state index contributed by atoms with van der Waals surface area (Å²) in [6, 6.07) is 8.77. The van der Waals surface area contributed by atoms with Crippen LogP contribution in [0.4, 0.5) is 0 Å². The Kier molecular flexibility index (Phi) is 4.42. The zero-order valence-corrected chi connectivity index (χ0v) is 10.9. The smallest absolute Gasteiger partial charge is 0.130 e. The molecule has 0 radical (unpaired) electrons. The fourth-order valence-electron chi connectivity index (χ4n) is 1.39. The van der Waals surface area contributed by atoms with Gasteiger partial charge in [-0.15, -0.1) is 0 Å². The van der Waals surface area contributed by atoms with Crippen molar-refractivity contribution in [1.29, 1.82) is 0 Å². The van der Waals surface area contributed by atoms with E-state index < -0.39 is 0 Å². The van der Waals surface area contributed by atoms with E-state index >= 15 is 0 Å². The minimum atomic E-state index is 0.0210. The predicted octanol–water partition coefficient (Wildman–Crippen LogP) is 3.46. The van der Waals surface area contributed by atoms with Gasteiger partial charge in [-0.1, -0.05) is 35.3 Å². The Bertz CT molecular complexity index is 529. The van der Waals surface area contributed by atoms with Gasteiger partial charge in [0.1, 0.15) is 17.5 Å². The summed E-state index contributed by atoms with van der Waals surface area (Å²) < 4.78 is 5.56. The molecule has 94 valence electrons. The van der Waals surface area contributed by atoms with Gasteiger partial charge in [0.2, 0.25) is 0 Å². The van der Waals surface area contributed by atoms with Crippen LogP contribution < -0.4 is 4.74 Å². The molecule has 0 saturated heterocycles. The van der Waals surface area contributed by atoms with Crippen LogP contribution in [0, 0.1) is 0 Å². The number of aromatic nitrogens is 1. The first kappa shape index (κ1) is 13.1. The highest BCUT2D eigenvalue weighted by atomic mass is 35.5. The van der Waals surface area contributed by atoms with Gasteiger partial charge in [0.05, 0.1) is 11.6 Å². The molecule has 1 aromatic carbocycles. The number of pyridine rings is 1. The van der Waals surface area contributed by atoms with E-state index in [-0.39, 0.29) is 6.61 Å².